The molecular formula is C25H27N5S. The Hall–Kier alpha value is -2.83. The normalized spacial score (nSPS) is 16.2. The number of anilines is 2. The molecule has 3 aromatic rings. The molecule has 0 unspecified atom stereocenters. The quantitative estimate of drug-likeness (QED) is 0.571. The summed E-state index contributed by atoms with van der Waals surface area (Å²) in [4.78, 5) is 15.2. The first-order valence-corrected chi connectivity index (χ1v) is 11.1. The zero-order valence-electron chi connectivity index (χ0n) is 18.0. The molecule has 2 aromatic carbocycles. The van der Waals surface area contributed by atoms with Crippen LogP contribution in [-0.2, 0) is 13.1 Å². The van der Waals surface area contributed by atoms with Crippen LogP contribution < -0.4 is 5.32 Å². The Bertz CT molecular complexity index is 1110. The van der Waals surface area contributed by atoms with E-state index in [0.717, 1.165) is 53.7 Å². The summed E-state index contributed by atoms with van der Waals surface area (Å²) >= 11 is 4.36. The molecule has 0 saturated carbocycles. The molecule has 0 atom stereocenters. The van der Waals surface area contributed by atoms with E-state index in [1.807, 2.05) is 18.3 Å². The second-order valence-electron chi connectivity index (χ2n) is 8.62. The van der Waals surface area contributed by atoms with E-state index in [1.165, 1.54) is 16.7 Å². The van der Waals surface area contributed by atoms with Crippen molar-refractivity contribution in [3.05, 3.63) is 83.2 Å². The SMILES string of the molecule is C=C(c1ccc(S)cc1)N1CC(N2Cc3cnc(Nc4cc(C)cc(C)c4)nc3C2)C1. The van der Waals surface area contributed by atoms with Crippen molar-refractivity contribution in [2.24, 2.45) is 0 Å². The highest BCUT2D eigenvalue weighted by Crippen LogP contribution is 2.31. The number of thiol groups is 1. The molecule has 5 nitrogen and oxygen atoms in total. The molecule has 5 rings (SSSR count). The molecule has 31 heavy (non-hydrogen) atoms. The van der Waals surface area contributed by atoms with Crippen LogP contribution in [0, 0.1) is 13.8 Å². The molecule has 1 N–H and O–H groups in total. The van der Waals surface area contributed by atoms with Gasteiger partial charge in [-0.3, -0.25) is 4.90 Å². The summed E-state index contributed by atoms with van der Waals surface area (Å²) in [6.07, 6.45) is 1.97. The fourth-order valence-electron chi connectivity index (χ4n) is 4.42. The van der Waals surface area contributed by atoms with Crippen LogP contribution in [0.25, 0.3) is 5.70 Å². The lowest BCUT2D eigenvalue weighted by atomic mass is 10.0. The largest absolute Gasteiger partial charge is 0.368 e. The monoisotopic (exact) mass is 429 g/mol. The standard InChI is InChI=1S/C25H27N5S/c1-16-8-17(2)10-21(9-16)27-25-26-11-20-12-30(15-24(20)28-25)22-13-29(14-22)18(3)19-4-6-23(31)7-5-19/h4-11,22,31H,3,12-15H2,1-2H3,(H,26,27,28). The molecule has 6 heteroatoms. The van der Waals surface area contributed by atoms with Crippen molar-refractivity contribution in [2.45, 2.75) is 37.9 Å². The second-order valence-corrected chi connectivity index (χ2v) is 9.14. The maximum absolute atomic E-state index is 4.81. The Labute approximate surface area is 189 Å². The van der Waals surface area contributed by atoms with Gasteiger partial charge in [0, 0.05) is 60.3 Å². The van der Waals surface area contributed by atoms with Crippen molar-refractivity contribution in [3.8, 4) is 0 Å². The van der Waals surface area contributed by atoms with Crippen LogP contribution in [-0.4, -0.2) is 38.9 Å². The fourth-order valence-corrected chi connectivity index (χ4v) is 4.56. The van der Waals surface area contributed by atoms with Crippen molar-refractivity contribution in [3.63, 3.8) is 0 Å². The fraction of sp³-hybridized carbons (Fsp3) is 0.280. The van der Waals surface area contributed by atoms with E-state index in [-0.39, 0.29) is 0 Å². The highest BCUT2D eigenvalue weighted by atomic mass is 32.1. The van der Waals surface area contributed by atoms with Crippen LogP contribution in [0.4, 0.5) is 11.6 Å². The first-order valence-electron chi connectivity index (χ1n) is 10.6. The topological polar surface area (TPSA) is 44.3 Å². The number of hydrogen-bond donors (Lipinski definition) is 2. The van der Waals surface area contributed by atoms with Crippen LogP contribution in [0.1, 0.15) is 27.9 Å². The van der Waals surface area contributed by atoms with Gasteiger partial charge in [-0.25, -0.2) is 9.97 Å². The van der Waals surface area contributed by atoms with Crippen LogP contribution in [0.5, 0.6) is 0 Å². The maximum atomic E-state index is 4.81. The van der Waals surface area contributed by atoms with Gasteiger partial charge in [0.1, 0.15) is 0 Å². The lowest BCUT2D eigenvalue weighted by Crippen LogP contribution is -2.56. The summed E-state index contributed by atoms with van der Waals surface area (Å²) in [6, 6.07) is 15.1. The predicted octanol–water partition coefficient (Wildman–Crippen LogP) is 4.80. The van der Waals surface area contributed by atoms with E-state index >= 15 is 0 Å². The van der Waals surface area contributed by atoms with Gasteiger partial charge < -0.3 is 10.2 Å². The lowest BCUT2D eigenvalue weighted by molar-refractivity contribution is 0.0712. The van der Waals surface area contributed by atoms with Gasteiger partial charge in [0.15, 0.2) is 0 Å². The van der Waals surface area contributed by atoms with E-state index in [9.17, 15) is 0 Å². The minimum Gasteiger partial charge on any atom is -0.368 e. The molecule has 2 aliphatic heterocycles. The zero-order valence-corrected chi connectivity index (χ0v) is 18.9. The summed E-state index contributed by atoms with van der Waals surface area (Å²) in [5, 5.41) is 3.37. The molecule has 1 saturated heterocycles. The number of nitrogens with zero attached hydrogens (tertiary/aromatic N) is 4. The van der Waals surface area contributed by atoms with Gasteiger partial charge in [-0.15, -0.1) is 12.6 Å². The average Bonchev–Trinajstić information content (AvgIpc) is 3.09. The zero-order chi connectivity index (χ0) is 21.5. The Morgan fingerprint density at radius 1 is 1.06 bits per heavy atom. The molecule has 0 spiro atoms. The smallest absolute Gasteiger partial charge is 0.227 e. The minimum absolute atomic E-state index is 0.519. The van der Waals surface area contributed by atoms with Crippen molar-refractivity contribution < 1.29 is 0 Å². The van der Waals surface area contributed by atoms with Crippen LogP contribution in [0.15, 0.2) is 60.1 Å². The van der Waals surface area contributed by atoms with Crippen molar-refractivity contribution in [2.75, 3.05) is 18.4 Å². The number of aryl methyl sites for hydroxylation is 2. The Morgan fingerprint density at radius 3 is 2.48 bits per heavy atom. The minimum atomic E-state index is 0.519. The van der Waals surface area contributed by atoms with Gasteiger partial charge in [0.25, 0.3) is 0 Å². The van der Waals surface area contributed by atoms with E-state index in [4.69, 9.17) is 4.98 Å². The molecule has 158 valence electrons. The summed E-state index contributed by atoms with van der Waals surface area (Å²) < 4.78 is 0. The first kappa shape index (κ1) is 20.1. The molecule has 2 aliphatic rings. The lowest BCUT2D eigenvalue weighted by Gasteiger charge is -2.46. The maximum Gasteiger partial charge on any atom is 0.227 e. The van der Waals surface area contributed by atoms with Gasteiger partial charge in [0.05, 0.1) is 5.69 Å². The number of likely N-dealkylation sites (tertiary alicyclic amines) is 1. The van der Waals surface area contributed by atoms with Crippen molar-refractivity contribution in [1.29, 1.82) is 0 Å². The van der Waals surface area contributed by atoms with Gasteiger partial charge in [-0.05, 0) is 54.8 Å². The van der Waals surface area contributed by atoms with Gasteiger partial charge in [-0.2, -0.15) is 0 Å². The van der Waals surface area contributed by atoms with Crippen LogP contribution in [0.2, 0.25) is 0 Å². The Morgan fingerprint density at radius 2 is 1.77 bits per heavy atom. The molecule has 1 aromatic heterocycles. The average molecular weight is 430 g/mol. The number of fused-ring (bicyclic) bond motifs is 1. The number of benzene rings is 2. The third kappa shape index (κ3) is 4.18. The van der Waals surface area contributed by atoms with Crippen molar-refractivity contribution in [1.82, 2.24) is 19.8 Å². The number of aromatic nitrogens is 2. The Kier molecular flexibility index (Phi) is 5.20. The van der Waals surface area contributed by atoms with Gasteiger partial charge in [-0.1, -0.05) is 24.8 Å². The highest BCUT2D eigenvalue weighted by Gasteiger charge is 2.36. The van der Waals surface area contributed by atoms with E-state index in [1.54, 1.807) is 0 Å². The van der Waals surface area contributed by atoms with Gasteiger partial charge >= 0.3 is 0 Å². The van der Waals surface area contributed by atoms with Crippen LogP contribution >= 0.6 is 12.6 Å². The van der Waals surface area contributed by atoms with E-state index < -0.39 is 0 Å². The van der Waals surface area contributed by atoms with Crippen molar-refractivity contribution >= 4 is 30.0 Å². The molecule has 0 amide bonds. The predicted molar refractivity (Wildman–Crippen MR) is 129 cm³/mol. The highest BCUT2D eigenvalue weighted by molar-refractivity contribution is 7.80. The third-order valence-electron chi connectivity index (χ3n) is 6.12. The molecule has 3 heterocycles. The molecule has 0 aliphatic carbocycles. The molecule has 0 radical (unpaired) electrons. The number of rotatable bonds is 5. The molecular weight excluding hydrogens is 402 g/mol. The summed E-state index contributed by atoms with van der Waals surface area (Å²) in [6.45, 7) is 12.3. The number of nitrogens with one attached hydrogen (secondary N) is 1. The summed E-state index contributed by atoms with van der Waals surface area (Å²) in [7, 11) is 0. The molecule has 1 fully saturated rings. The summed E-state index contributed by atoms with van der Waals surface area (Å²) in [5.41, 5.74) is 8.09. The van der Waals surface area contributed by atoms with E-state index in [2.05, 4.69) is 83.5 Å². The third-order valence-corrected chi connectivity index (χ3v) is 6.42. The summed E-state index contributed by atoms with van der Waals surface area (Å²) in [5.74, 6) is 0.668. The molecule has 0 bridgehead atoms. The Balaban J connectivity index is 1.20. The first-order chi connectivity index (χ1) is 14.9. The van der Waals surface area contributed by atoms with Gasteiger partial charge in [0.2, 0.25) is 5.95 Å². The van der Waals surface area contributed by atoms with Crippen LogP contribution in [0.3, 0.4) is 0 Å². The second kappa shape index (κ2) is 8.02. The number of hydrogen-bond acceptors (Lipinski definition) is 6. The van der Waals surface area contributed by atoms with E-state index in [0.29, 0.717) is 12.0 Å².